The van der Waals surface area contributed by atoms with Crippen molar-refractivity contribution in [1.29, 1.82) is 0 Å². The fourth-order valence-electron chi connectivity index (χ4n) is 2.95. The predicted octanol–water partition coefficient (Wildman–Crippen LogP) is 2.52. The van der Waals surface area contributed by atoms with E-state index >= 15 is 0 Å². The Morgan fingerprint density at radius 3 is 2.59 bits per heavy atom. The highest BCUT2D eigenvalue weighted by atomic mass is 16.6. The molecule has 1 fully saturated rings. The van der Waals surface area contributed by atoms with Crippen molar-refractivity contribution in [3.05, 3.63) is 58.3 Å². The maximum atomic E-state index is 12.4. The van der Waals surface area contributed by atoms with Crippen molar-refractivity contribution in [3.8, 4) is 0 Å². The molecule has 2 heterocycles. The fourth-order valence-corrected chi connectivity index (χ4v) is 2.95. The normalized spacial score (nSPS) is 13.7. The Balaban J connectivity index is 1.54. The topological polar surface area (TPSA) is 118 Å². The van der Waals surface area contributed by atoms with Gasteiger partial charge < -0.3 is 19.9 Å². The fraction of sp³-hybridized carbons (Fsp3) is 0.316. The molecule has 0 bridgehead atoms. The number of nitro benzene ring substituents is 1. The van der Waals surface area contributed by atoms with Gasteiger partial charge in [-0.15, -0.1) is 0 Å². The molecule has 0 aliphatic carbocycles. The molecule has 1 aromatic carbocycles. The maximum absolute atomic E-state index is 12.4. The predicted molar refractivity (Wildman–Crippen MR) is 106 cm³/mol. The van der Waals surface area contributed by atoms with Crippen LogP contribution < -0.4 is 10.2 Å². The summed E-state index contributed by atoms with van der Waals surface area (Å²) in [7, 11) is 0. The molecule has 1 aliphatic heterocycles. The van der Waals surface area contributed by atoms with Gasteiger partial charge in [0, 0.05) is 50.2 Å². The number of non-ortho nitro benzene ring substituents is 1. The highest BCUT2D eigenvalue weighted by molar-refractivity contribution is 5.90. The lowest BCUT2D eigenvalue weighted by atomic mass is 10.2. The minimum Gasteiger partial charge on any atom is -0.462 e. The Bertz CT molecular complexity index is 894. The molecule has 1 aliphatic rings. The SMILES string of the molecule is CCOC(=O)c1ccc(N2CCN(C(=O)Nc3cccc([N+](=O)[O-])c3)CC2)nc1. The summed E-state index contributed by atoms with van der Waals surface area (Å²) in [5.41, 5.74) is 0.693. The van der Waals surface area contributed by atoms with Gasteiger partial charge in [0.25, 0.3) is 5.69 Å². The molecule has 1 N–H and O–H groups in total. The number of ether oxygens (including phenoxy) is 1. The second-order valence-corrected chi connectivity index (χ2v) is 6.34. The standard InChI is InChI=1S/C19H21N5O5/c1-2-29-18(25)14-6-7-17(20-13-14)22-8-10-23(11-9-22)19(26)21-15-4-3-5-16(12-15)24(27)28/h3-7,12-13H,2,8-11H2,1H3,(H,21,26). The number of benzene rings is 1. The van der Waals surface area contributed by atoms with Crippen LogP contribution in [-0.2, 0) is 4.74 Å². The summed E-state index contributed by atoms with van der Waals surface area (Å²) in [6, 6.07) is 8.94. The third kappa shape index (κ3) is 4.98. The van der Waals surface area contributed by atoms with E-state index in [1.54, 1.807) is 30.0 Å². The number of anilines is 2. The van der Waals surface area contributed by atoms with Crippen molar-refractivity contribution in [3.63, 3.8) is 0 Å². The maximum Gasteiger partial charge on any atom is 0.339 e. The zero-order chi connectivity index (χ0) is 20.8. The number of amides is 2. The number of esters is 1. The van der Waals surface area contributed by atoms with Gasteiger partial charge in [0.05, 0.1) is 17.1 Å². The molecule has 0 saturated carbocycles. The minimum absolute atomic E-state index is 0.0787. The van der Waals surface area contributed by atoms with E-state index in [-0.39, 0.29) is 11.7 Å². The molecule has 152 valence electrons. The first-order chi connectivity index (χ1) is 14.0. The van der Waals surface area contributed by atoms with Gasteiger partial charge in [-0.2, -0.15) is 0 Å². The van der Waals surface area contributed by atoms with E-state index in [4.69, 9.17) is 4.74 Å². The lowest BCUT2D eigenvalue weighted by molar-refractivity contribution is -0.384. The molecule has 10 nitrogen and oxygen atoms in total. The summed E-state index contributed by atoms with van der Waals surface area (Å²) >= 11 is 0. The van der Waals surface area contributed by atoms with Crippen LogP contribution in [0, 0.1) is 10.1 Å². The summed E-state index contributed by atoms with van der Waals surface area (Å²) in [5, 5.41) is 13.5. The van der Waals surface area contributed by atoms with Crippen molar-refractivity contribution in [1.82, 2.24) is 9.88 Å². The van der Waals surface area contributed by atoms with Crippen molar-refractivity contribution in [2.24, 2.45) is 0 Å². The summed E-state index contributed by atoms with van der Waals surface area (Å²) in [6.07, 6.45) is 1.48. The number of hydrogen-bond donors (Lipinski definition) is 1. The Labute approximate surface area is 167 Å². The summed E-state index contributed by atoms with van der Waals surface area (Å²) in [6.45, 7) is 4.15. The summed E-state index contributed by atoms with van der Waals surface area (Å²) < 4.78 is 4.94. The number of nitro groups is 1. The first-order valence-corrected chi connectivity index (χ1v) is 9.16. The van der Waals surface area contributed by atoms with Crippen LogP contribution in [-0.4, -0.2) is 59.6 Å². The molecule has 0 radical (unpaired) electrons. The van der Waals surface area contributed by atoms with Crippen LogP contribution in [0.2, 0.25) is 0 Å². The molecule has 3 rings (SSSR count). The molecule has 0 spiro atoms. The quantitative estimate of drug-likeness (QED) is 0.466. The highest BCUT2D eigenvalue weighted by Crippen LogP contribution is 2.19. The third-order valence-electron chi connectivity index (χ3n) is 4.46. The number of carbonyl (C=O) groups is 2. The van der Waals surface area contributed by atoms with Gasteiger partial charge in [0.15, 0.2) is 0 Å². The molecule has 2 amide bonds. The molecule has 29 heavy (non-hydrogen) atoms. The van der Waals surface area contributed by atoms with Gasteiger partial charge in [-0.1, -0.05) is 6.07 Å². The number of carbonyl (C=O) groups excluding carboxylic acids is 2. The molecule has 1 saturated heterocycles. The van der Waals surface area contributed by atoms with Crippen LogP contribution in [0.25, 0.3) is 0 Å². The number of nitrogens with zero attached hydrogens (tertiary/aromatic N) is 4. The first-order valence-electron chi connectivity index (χ1n) is 9.16. The second kappa shape index (κ2) is 9.00. The first kappa shape index (κ1) is 20.1. The largest absolute Gasteiger partial charge is 0.462 e. The van der Waals surface area contributed by atoms with Gasteiger partial charge in [-0.05, 0) is 25.1 Å². The molecular weight excluding hydrogens is 378 g/mol. The third-order valence-corrected chi connectivity index (χ3v) is 4.46. The molecule has 1 aromatic heterocycles. The van der Waals surface area contributed by atoms with Crippen LogP contribution in [0.3, 0.4) is 0 Å². The van der Waals surface area contributed by atoms with Gasteiger partial charge >= 0.3 is 12.0 Å². The number of aromatic nitrogens is 1. The van der Waals surface area contributed by atoms with E-state index in [0.717, 1.165) is 5.82 Å². The number of nitrogens with one attached hydrogen (secondary N) is 1. The van der Waals surface area contributed by atoms with E-state index in [1.807, 2.05) is 4.90 Å². The number of rotatable bonds is 5. The van der Waals surface area contributed by atoms with Crippen LogP contribution in [0.1, 0.15) is 17.3 Å². The van der Waals surface area contributed by atoms with E-state index in [2.05, 4.69) is 10.3 Å². The monoisotopic (exact) mass is 399 g/mol. The van der Waals surface area contributed by atoms with E-state index in [9.17, 15) is 19.7 Å². The number of pyridine rings is 1. The average molecular weight is 399 g/mol. The zero-order valence-corrected chi connectivity index (χ0v) is 15.9. The lowest BCUT2D eigenvalue weighted by Gasteiger charge is -2.35. The van der Waals surface area contributed by atoms with E-state index in [0.29, 0.717) is 44.0 Å². The number of piperazine rings is 1. The number of urea groups is 1. The van der Waals surface area contributed by atoms with Crippen LogP contribution in [0.4, 0.5) is 22.0 Å². The second-order valence-electron chi connectivity index (χ2n) is 6.34. The van der Waals surface area contributed by atoms with Gasteiger partial charge in [0.2, 0.25) is 0 Å². The van der Waals surface area contributed by atoms with Crippen LogP contribution in [0.5, 0.6) is 0 Å². The lowest BCUT2D eigenvalue weighted by Crippen LogP contribution is -2.50. The Hall–Kier alpha value is -3.69. The molecule has 2 aromatic rings. The van der Waals surface area contributed by atoms with Gasteiger partial charge in [0.1, 0.15) is 5.82 Å². The van der Waals surface area contributed by atoms with Crippen molar-refractivity contribution in [2.75, 3.05) is 43.0 Å². The summed E-state index contributed by atoms with van der Waals surface area (Å²) in [5.74, 6) is 0.311. The zero-order valence-electron chi connectivity index (χ0n) is 15.9. The summed E-state index contributed by atoms with van der Waals surface area (Å²) in [4.78, 5) is 42.4. The van der Waals surface area contributed by atoms with Gasteiger partial charge in [-0.3, -0.25) is 10.1 Å². The van der Waals surface area contributed by atoms with Crippen LogP contribution in [0.15, 0.2) is 42.6 Å². The van der Waals surface area contributed by atoms with Crippen LogP contribution >= 0.6 is 0 Å². The smallest absolute Gasteiger partial charge is 0.339 e. The average Bonchev–Trinajstić information content (AvgIpc) is 2.74. The van der Waals surface area contributed by atoms with Crippen molar-refractivity contribution >= 4 is 29.2 Å². The molecule has 10 heteroatoms. The molecular formula is C19H21N5O5. The van der Waals surface area contributed by atoms with E-state index in [1.165, 1.54) is 24.4 Å². The van der Waals surface area contributed by atoms with Crippen molar-refractivity contribution < 1.29 is 19.2 Å². The Morgan fingerprint density at radius 1 is 1.21 bits per heavy atom. The Morgan fingerprint density at radius 2 is 1.97 bits per heavy atom. The van der Waals surface area contributed by atoms with Crippen molar-refractivity contribution in [2.45, 2.75) is 6.92 Å². The van der Waals surface area contributed by atoms with Gasteiger partial charge in [-0.25, -0.2) is 14.6 Å². The highest BCUT2D eigenvalue weighted by Gasteiger charge is 2.22. The molecule has 0 unspecified atom stereocenters. The minimum atomic E-state index is -0.505. The number of hydrogen-bond acceptors (Lipinski definition) is 7. The molecule has 0 atom stereocenters. The van der Waals surface area contributed by atoms with E-state index < -0.39 is 10.9 Å². The Kier molecular flexibility index (Phi) is 6.22.